The summed E-state index contributed by atoms with van der Waals surface area (Å²) in [5.74, 6) is 1.04. The summed E-state index contributed by atoms with van der Waals surface area (Å²) in [6.07, 6.45) is 6.97. The number of aryl methyl sites for hydroxylation is 1. The molecule has 1 nitrogen and oxygen atoms in total. The Bertz CT molecular complexity index is 287. The molecule has 1 aromatic rings. The van der Waals surface area contributed by atoms with Gasteiger partial charge in [-0.2, -0.15) is 0 Å². The molecular weight excluding hydrogens is 172 g/mol. The lowest BCUT2D eigenvalue weighted by Crippen LogP contribution is -2.19. The molecule has 0 bridgehead atoms. The standard InChI is InChI=1S/C13H18O/c1-11-6-5-9-13(10-11)14-12-7-3-2-4-8-12/h5-6,9-10,12H,2-4,7-8H2,1H3. The molecule has 0 unspecified atom stereocenters. The predicted molar refractivity (Wildman–Crippen MR) is 58.7 cm³/mol. The van der Waals surface area contributed by atoms with Crippen molar-refractivity contribution >= 4 is 0 Å². The molecule has 0 spiro atoms. The second-order valence-corrected chi connectivity index (χ2v) is 4.19. The highest BCUT2D eigenvalue weighted by Crippen LogP contribution is 2.23. The number of benzene rings is 1. The first-order chi connectivity index (χ1) is 6.84. The lowest BCUT2D eigenvalue weighted by molar-refractivity contribution is 0.155. The lowest BCUT2D eigenvalue weighted by atomic mass is 9.98. The van der Waals surface area contributed by atoms with E-state index in [0.717, 1.165) is 5.75 Å². The Hall–Kier alpha value is -0.980. The fraction of sp³-hybridized carbons (Fsp3) is 0.538. The number of ether oxygens (including phenoxy) is 1. The molecule has 0 N–H and O–H groups in total. The zero-order valence-electron chi connectivity index (χ0n) is 8.83. The summed E-state index contributed by atoms with van der Waals surface area (Å²) in [6.45, 7) is 2.10. The highest BCUT2D eigenvalue weighted by atomic mass is 16.5. The lowest BCUT2D eigenvalue weighted by Gasteiger charge is -2.23. The molecule has 0 radical (unpaired) electrons. The van der Waals surface area contributed by atoms with Crippen LogP contribution in [0.2, 0.25) is 0 Å². The van der Waals surface area contributed by atoms with Gasteiger partial charge in [-0.3, -0.25) is 0 Å². The van der Waals surface area contributed by atoms with Crippen molar-refractivity contribution in [3.05, 3.63) is 29.8 Å². The van der Waals surface area contributed by atoms with E-state index in [2.05, 4.69) is 31.2 Å². The molecule has 1 aromatic carbocycles. The molecule has 0 atom stereocenters. The molecule has 2 rings (SSSR count). The Morgan fingerprint density at radius 2 is 1.93 bits per heavy atom. The molecule has 14 heavy (non-hydrogen) atoms. The fourth-order valence-corrected chi connectivity index (χ4v) is 2.06. The molecule has 1 fully saturated rings. The molecular formula is C13H18O. The maximum atomic E-state index is 5.94. The third-order valence-corrected chi connectivity index (χ3v) is 2.84. The minimum absolute atomic E-state index is 0.463. The van der Waals surface area contributed by atoms with Crippen LogP contribution in [0.1, 0.15) is 37.7 Å². The van der Waals surface area contributed by atoms with Gasteiger partial charge >= 0.3 is 0 Å². The monoisotopic (exact) mass is 190 g/mol. The van der Waals surface area contributed by atoms with Crippen LogP contribution in [-0.2, 0) is 0 Å². The Morgan fingerprint density at radius 1 is 1.14 bits per heavy atom. The average molecular weight is 190 g/mol. The summed E-state index contributed by atoms with van der Waals surface area (Å²) in [5.41, 5.74) is 1.28. The zero-order valence-corrected chi connectivity index (χ0v) is 8.83. The Kier molecular flexibility index (Phi) is 3.07. The van der Waals surface area contributed by atoms with Gasteiger partial charge < -0.3 is 4.74 Å². The van der Waals surface area contributed by atoms with Gasteiger partial charge in [-0.1, -0.05) is 18.6 Å². The topological polar surface area (TPSA) is 9.23 Å². The Morgan fingerprint density at radius 3 is 2.64 bits per heavy atom. The van der Waals surface area contributed by atoms with Crippen molar-refractivity contribution in [1.29, 1.82) is 0 Å². The van der Waals surface area contributed by atoms with Crippen molar-refractivity contribution < 1.29 is 4.74 Å². The van der Waals surface area contributed by atoms with Crippen molar-refractivity contribution in [2.24, 2.45) is 0 Å². The maximum absolute atomic E-state index is 5.94. The van der Waals surface area contributed by atoms with Crippen LogP contribution in [0, 0.1) is 6.92 Å². The summed E-state index contributed by atoms with van der Waals surface area (Å²) < 4.78 is 5.94. The summed E-state index contributed by atoms with van der Waals surface area (Å²) >= 11 is 0. The molecule has 0 aromatic heterocycles. The summed E-state index contributed by atoms with van der Waals surface area (Å²) in [4.78, 5) is 0. The SMILES string of the molecule is Cc1cccc(OC2CCCCC2)c1. The van der Waals surface area contributed by atoms with Crippen molar-refractivity contribution in [2.75, 3.05) is 0 Å². The minimum Gasteiger partial charge on any atom is -0.490 e. The molecule has 1 aliphatic carbocycles. The van der Waals surface area contributed by atoms with Gasteiger partial charge in [-0.15, -0.1) is 0 Å². The van der Waals surface area contributed by atoms with Gasteiger partial charge in [0.2, 0.25) is 0 Å². The summed E-state index contributed by atoms with van der Waals surface area (Å²) in [5, 5.41) is 0. The van der Waals surface area contributed by atoms with E-state index in [0.29, 0.717) is 6.10 Å². The van der Waals surface area contributed by atoms with Crippen LogP contribution in [0.4, 0.5) is 0 Å². The number of hydrogen-bond donors (Lipinski definition) is 0. The van der Waals surface area contributed by atoms with Crippen molar-refractivity contribution in [1.82, 2.24) is 0 Å². The molecule has 0 heterocycles. The van der Waals surface area contributed by atoms with E-state index in [-0.39, 0.29) is 0 Å². The van der Waals surface area contributed by atoms with Crippen LogP contribution in [-0.4, -0.2) is 6.10 Å². The quantitative estimate of drug-likeness (QED) is 0.690. The van der Waals surface area contributed by atoms with Crippen molar-refractivity contribution in [3.8, 4) is 5.75 Å². The van der Waals surface area contributed by atoms with E-state index in [9.17, 15) is 0 Å². The van der Waals surface area contributed by atoms with Crippen LogP contribution in [0.3, 0.4) is 0 Å². The average Bonchev–Trinajstić information content (AvgIpc) is 2.19. The first-order valence-corrected chi connectivity index (χ1v) is 5.58. The van der Waals surface area contributed by atoms with Crippen LogP contribution >= 0.6 is 0 Å². The highest BCUT2D eigenvalue weighted by Gasteiger charge is 2.14. The molecule has 1 heteroatoms. The third-order valence-electron chi connectivity index (χ3n) is 2.84. The first kappa shape index (κ1) is 9.57. The summed E-state index contributed by atoms with van der Waals surface area (Å²) in [6, 6.07) is 8.34. The van der Waals surface area contributed by atoms with Crippen LogP contribution in [0.25, 0.3) is 0 Å². The molecule has 0 aliphatic heterocycles. The van der Waals surface area contributed by atoms with Gasteiger partial charge in [-0.05, 0) is 50.3 Å². The molecule has 76 valence electrons. The number of rotatable bonds is 2. The first-order valence-electron chi connectivity index (χ1n) is 5.58. The van der Waals surface area contributed by atoms with Crippen LogP contribution in [0.5, 0.6) is 5.75 Å². The van der Waals surface area contributed by atoms with E-state index < -0.39 is 0 Å². The van der Waals surface area contributed by atoms with Gasteiger partial charge in [-0.25, -0.2) is 0 Å². The second kappa shape index (κ2) is 4.50. The fourth-order valence-electron chi connectivity index (χ4n) is 2.06. The maximum Gasteiger partial charge on any atom is 0.119 e. The zero-order chi connectivity index (χ0) is 9.80. The van der Waals surface area contributed by atoms with E-state index in [1.54, 1.807) is 0 Å². The van der Waals surface area contributed by atoms with Crippen molar-refractivity contribution in [2.45, 2.75) is 45.1 Å². The van der Waals surface area contributed by atoms with Gasteiger partial charge in [0, 0.05) is 0 Å². The van der Waals surface area contributed by atoms with Gasteiger partial charge in [0.15, 0.2) is 0 Å². The number of hydrogen-bond acceptors (Lipinski definition) is 1. The molecule has 0 saturated heterocycles. The predicted octanol–water partition coefficient (Wildman–Crippen LogP) is 3.71. The largest absolute Gasteiger partial charge is 0.490 e. The van der Waals surface area contributed by atoms with Gasteiger partial charge in [0.25, 0.3) is 0 Å². The van der Waals surface area contributed by atoms with Crippen molar-refractivity contribution in [3.63, 3.8) is 0 Å². The van der Waals surface area contributed by atoms with E-state index in [1.165, 1.54) is 37.7 Å². The Balaban J connectivity index is 1.95. The van der Waals surface area contributed by atoms with Gasteiger partial charge in [0.1, 0.15) is 5.75 Å². The van der Waals surface area contributed by atoms with E-state index in [4.69, 9.17) is 4.74 Å². The molecule has 1 saturated carbocycles. The molecule has 0 amide bonds. The van der Waals surface area contributed by atoms with Gasteiger partial charge in [0.05, 0.1) is 6.10 Å². The minimum atomic E-state index is 0.463. The molecule has 1 aliphatic rings. The third kappa shape index (κ3) is 2.50. The van der Waals surface area contributed by atoms with Crippen LogP contribution in [0.15, 0.2) is 24.3 Å². The van der Waals surface area contributed by atoms with E-state index >= 15 is 0 Å². The highest BCUT2D eigenvalue weighted by molar-refractivity contribution is 5.27. The van der Waals surface area contributed by atoms with Crippen LogP contribution < -0.4 is 4.74 Å². The smallest absolute Gasteiger partial charge is 0.119 e. The normalized spacial score (nSPS) is 18.1. The van der Waals surface area contributed by atoms with E-state index in [1.807, 2.05) is 0 Å². The second-order valence-electron chi connectivity index (χ2n) is 4.19. The Labute approximate surface area is 86.1 Å². The summed E-state index contributed by atoms with van der Waals surface area (Å²) in [7, 11) is 0.